The standard InChI is InChI=1S/C68H40N10/c69-41-53-60(44-39-54(42-19-3-1-4-20-42)74-55(40-44)43-21-5-2-6-22-43)62(76-57-32-12-8-24-46(57)50-28-16-36-71-66(50)76)64(78-59-34-14-10-26-48(59)52-30-18-38-73-68(52)78)63(77-58-33-13-9-25-47(58)51-29-17-37-72-67(51)77)61(53)75-56-31-11-7-23-45(56)49-27-15-35-70-65(49)75/h1-40H. The van der Waals surface area contributed by atoms with Crippen LogP contribution < -0.4 is 0 Å². The number of nitriles is 1. The van der Waals surface area contributed by atoms with Crippen LogP contribution in [0.4, 0.5) is 0 Å². The largest absolute Gasteiger partial charge is 0.291 e. The first-order chi connectivity index (χ1) is 38.7. The Morgan fingerprint density at radius 1 is 0.295 bits per heavy atom. The Kier molecular flexibility index (Phi) is 9.46. The number of fused-ring (bicyclic) bond motifs is 12. The normalized spacial score (nSPS) is 11.8. The fourth-order valence-electron chi connectivity index (χ4n) is 12.2. The molecule has 16 aromatic rings. The molecule has 0 spiro atoms. The molecule has 0 unspecified atom stereocenters. The molecule has 7 aromatic carbocycles. The quantitative estimate of drug-likeness (QED) is 0.157. The Labute approximate surface area is 445 Å². The summed E-state index contributed by atoms with van der Waals surface area (Å²) in [4.78, 5) is 26.7. The van der Waals surface area contributed by atoms with Crippen LogP contribution in [0.5, 0.6) is 0 Å². The summed E-state index contributed by atoms with van der Waals surface area (Å²) in [6.45, 7) is 0. The molecule has 0 radical (unpaired) electrons. The van der Waals surface area contributed by atoms with Crippen molar-refractivity contribution in [2.75, 3.05) is 0 Å². The number of hydrogen-bond acceptors (Lipinski definition) is 6. The Hall–Kier alpha value is -11.0. The van der Waals surface area contributed by atoms with Gasteiger partial charge in [-0.25, -0.2) is 24.9 Å². The molecule has 16 rings (SSSR count). The van der Waals surface area contributed by atoms with Gasteiger partial charge >= 0.3 is 0 Å². The fourth-order valence-corrected chi connectivity index (χ4v) is 12.2. The Balaban J connectivity index is 1.27. The summed E-state index contributed by atoms with van der Waals surface area (Å²) in [5.41, 5.74) is 14.4. The summed E-state index contributed by atoms with van der Waals surface area (Å²) >= 11 is 0. The first-order valence-electron chi connectivity index (χ1n) is 25.9. The molecule has 0 N–H and O–H groups in total. The van der Waals surface area contributed by atoms with Crippen LogP contribution in [-0.4, -0.2) is 43.2 Å². The molecule has 9 heterocycles. The molecule has 0 aliphatic carbocycles. The van der Waals surface area contributed by atoms with E-state index >= 15 is 0 Å². The smallest absolute Gasteiger partial charge is 0.145 e. The van der Waals surface area contributed by atoms with Gasteiger partial charge in [0.1, 0.15) is 28.7 Å². The predicted molar refractivity (Wildman–Crippen MR) is 314 cm³/mol. The molecule has 0 saturated heterocycles. The maximum Gasteiger partial charge on any atom is 0.145 e. The van der Waals surface area contributed by atoms with Gasteiger partial charge in [-0.2, -0.15) is 5.26 Å². The van der Waals surface area contributed by atoms with Crippen molar-refractivity contribution < 1.29 is 0 Å². The maximum absolute atomic E-state index is 12.9. The van der Waals surface area contributed by atoms with Crippen molar-refractivity contribution in [3.63, 3.8) is 0 Å². The van der Waals surface area contributed by atoms with Crippen LogP contribution in [0.15, 0.2) is 243 Å². The van der Waals surface area contributed by atoms with Crippen LogP contribution in [0.25, 0.3) is 144 Å². The van der Waals surface area contributed by atoms with Gasteiger partial charge in [0.15, 0.2) is 0 Å². The van der Waals surface area contributed by atoms with Crippen LogP contribution in [0.1, 0.15) is 5.56 Å². The summed E-state index contributed by atoms with van der Waals surface area (Å²) in [5, 5.41) is 20.7. The highest BCUT2D eigenvalue weighted by atomic mass is 15.2. The van der Waals surface area contributed by atoms with E-state index < -0.39 is 0 Å². The molecule has 0 aliphatic heterocycles. The van der Waals surface area contributed by atoms with Gasteiger partial charge < -0.3 is 0 Å². The summed E-state index contributed by atoms with van der Waals surface area (Å²) in [6, 6.07) is 78.2. The second-order valence-corrected chi connectivity index (χ2v) is 19.5. The SMILES string of the molecule is N#Cc1c(-c2cc(-c3ccccc3)nc(-c3ccccc3)c2)c(-n2c3ccccc3c3cccnc32)c(-n2c3ccccc3c3cccnc32)c(-n2c3ccccc3c3cccnc32)c1-n1c2ccccc2c2cccnc21. The van der Waals surface area contributed by atoms with Crippen molar-refractivity contribution >= 4 is 87.7 Å². The number of hydrogen-bond donors (Lipinski definition) is 0. The number of rotatable bonds is 7. The number of nitrogens with zero attached hydrogens (tertiary/aromatic N) is 10. The third-order valence-corrected chi connectivity index (χ3v) is 15.4. The van der Waals surface area contributed by atoms with Gasteiger partial charge in [-0.1, -0.05) is 133 Å². The lowest BCUT2D eigenvalue weighted by atomic mass is 9.91. The number of pyridine rings is 5. The van der Waals surface area contributed by atoms with Gasteiger partial charge in [-0.15, -0.1) is 0 Å². The van der Waals surface area contributed by atoms with Crippen molar-refractivity contribution in [1.82, 2.24) is 43.2 Å². The molecule has 0 aliphatic rings. The zero-order valence-electron chi connectivity index (χ0n) is 41.6. The molecule has 9 aromatic heterocycles. The van der Waals surface area contributed by atoms with E-state index in [0.29, 0.717) is 39.5 Å². The average molecular weight is 997 g/mol. The molecule has 0 saturated carbocycles. The van der Waals surface area contributed by atoms with E-state index in [1.165, 1.54) is 0 Å². The van der Waals surface area contributed by atoms with E-state index in [-0.39, 0.29) is 0 Å². The molecule has 0 amide bonds. The van der Waals surface area contributed by atoms with E-state index in [9.17, 15) is 5.26 Å². The zero-order chi connectivity index (χ0) is 51.4. The van der Waals surface area contributed by atoms with Gasteiger partial charge in [-0.05, 0) is 90.5 Å². The van der Waals surface area contributed by atoms with Gasteiger partial charge in [-0.3, -0.25) is 18.3 Å². The molecular formula is C68H40N10. The van der Waals surface area contributed by atoms with Gasteiger partial charge in [0.05, 0.1) is 61.8 Å². The Bertz CT molecular complexity index is 4900. The van der Waals surface area contributed by atoms with Gasteiger partial charge in [0.2, 0.25) is 0 Å². The van der Waals surface area contributed by atoms with Crippen molar-refractivity contribution in [2.45, 2.75) is 0 Å². The van der Waals surface area contributed by atoms with E-state index in [4.69, 9.17) is 24.9 Å². The van der Waals surface area contributed by atoms with Crippen LogP contribution in [-0.2, 0) is 0 Å². The van der Waals surface area contributed by atoms with E-state index in [1.807, 2.05) is 85.5 Å². The summed E-state index contributed by atoms with van der Waals surface area (Å²) in [5.74, 6) is 0. The maximum atomic E-state index is 12.9. The molecule has 0 atom stereocenters. The third kappa shape index (κ3) is 6.21. The molecule has 10 heteroatoms. The minimum absolute atomic E-state index is 0.402. The lowest BCUT2D eigenvalue weighted by Crippen LogP contribution is -2.17. The lowest BCUT2D eigenvalue weighted by Gasteiger charge is -2.29. The van der Waals surface area contributed by atoms with E-state index in [0.717, 1.165) is 110 Å². The number of benzene rings is 7. The third-order valence-electron chi connectivity index (χ3n) is 15.4. The second-order valence-electron chi connectivity index (χ2n) is 19.5. The zero-order valence-corrected chi connectivity index (χ0v) is 41.6. The Morgan fingerprint density at radius 3 is 0.974 bits per heavy atom. The summed E-state index contributed by atoms with van der Waals surface area (Å²) in [6.07, 6.45) is 7.41. The molecule has 10 nitrogen and oxygen atoms in total. The monoisotopic (exact) mass is 996 g/mol. The molecule has 78 heavy (non-hydrogen) atoms. The van der Waals surface area contributed by atoms with Crippen molar-refractivity contribution in [3.05, 3.63) is 249 Å². The fraction of sp³-hybridized carbons (Fsp3) is 0. The van der Waals surface area contributed by atoms with Crippen LogP contribution in [0.2, 0.25) is 0 Å². The average Bonchev–Trinajstić information content (AvgIpc) is 4.42. The minimum atomic E-state index is 0.402. The first-order valence-corrected chi connectivity index (χ1v) is 25.9. The molecule has 0 fully saturated rings. The second kappa shape index (κ2) is 17.0. The van der Waals surface area contributed by atoms with Crippen molar-refractivity contribution in [3.8, 4) is 62.5 Å². The minimum Gasteiger partial charge on any atom is -0.291 e. The molecular weight excluding hydrogens is 957 g/mol. The van der Waals surface area contributed by atoms with E-state index in [2.05, 4.69) is 182 Å². The van der Waals surface area contributed by atoms with Crippen molar-refractivity contribution in [1.29, 1.82) is 5.26 Å². The highest BCUT2D eigenvalue weighted by Gasteiger charge is 2.36. The predicted octanol–water partition coefficient (Wildman–Crippen LogP) is 15.9. The summed E-state index contributed by atoms with van der Waals surface area (Å²) in [7, 11) is 0. The highest BCUT2D eigenvalue weighted by molar-refractivity contribution is 6.16. The van der Waals surface area contributed by atoms with Gasteiger partial charge in [0, 0.05) is 84.6 Å². The van der Waals surface area contributed by atoms with Crippen molar-refractivity contribution in [2.24, 2.45) is 0 Å². The first kappa shape index (κ1) is 43.4. The van der Waals surface area contributed by atoms with Crippen LogP contribution in [0, 0.1) is 11.3 Å². The number of para-hydroxylation sites is 4. The van der Waals surface area contributed by atoms with E-state index in [1.54, 1.807) is 0 Å². The highest BCUT2D eigenvalue weighted by Crippen LogP contribution is 2.51. The topological polar surface area (TPSA) is 108 Å². The summed E-state index contributed by atoms with van der Waals surface area (Å²) < 4.78 is 9.08. The van der Waals surface area contributed by atoms with Crippen LogP contribution >= 0.6 is 0 Å². The van der Waals surface area contributed by atoms with Gasteiger partial charge in [0.25, 0.3) is 0 Å². The van der Waals surface area contributed by atoms with Crippen LogP contribution in [0.3, 0.4) is 0 Å². The molecule has 0 bridgehead atoms. The molecule has 362 valence electrons. The lowest BCUT2D eigenvalue weighted by molar-refractivity contribution is 0.995. The number of aromatic nitrogens is 9. The Morgan fingerprint density at radius 2 is 0.603 bits per heavy atom.